The molecule has 3 rings (SSSR count). The first kappa shape index (κ1) is 10.1. The summed E-state index contributed by atoms with van der Waals surface area (Å²) in [6.07, 6.45) is 10.3. The van der Waals surface area contributed by atoms with E-state index < -0.39 is 0 Å². The fraction of sp³-hybridized carbons (Fsp3) is 1.00. The molecule has 0 aromatic rings. The number of hydrogen-bond donors (Lipinski definition) is 1. The van der Waals surface area contributed by atoms with Crippen molar-refractivity contribution in [2.24, 2.45) is 11.3 Å². The van der Waals surface area contributed by atoms with Gasteiger partial charge in [-0.05, 0) is 56.4 Å². The van der Waals surface area contributed by atoms with Gasteiger partial charge in [-0.2, -0.15) is 0 Å². The lowest BCUT2D eigenvalue weighted by Crippen LogP contribution is -2.27. The predicted molar refractivity (Wildman–Crippen MR) is 60.8 cm³/mol. The summed E-state index contributed by atoms with van der Waals surface area (Å²) in [5, 5.41) is 3.68. The molecule has 86 valence electrons. The molecule has 3 unspecified atom stereocenters. The molecule has 2 nitrogen and oxygen atoms in total. The maximum Gasteiger partial charge on any atom is 0.0576 e. The summed E-state index contributed by atoms with van der Waals surface area (Å²) in [4.78, 5) is 0. The SMILES string of the molecule is COC1CCCC2(C1)CC2CNC1CC1. The average Bonchev–Trinajstić information content (AvgIpc) is 3.14. The molecule has 0 bridgehead atoms. The Balaban J connectivity index is 1.48. The van der Waals surface area contributed by atoms with Crippen LogP contribution >= 0.6 is 0 Å². The minimum absolute atomic E-state index is 0.560. The van der Waals surface area contributed by atoms with E-state index in [1.807, 2.05) is 7.11 Å². The second-order valence-corrected chi connectivity index (χ2v) is 5.90. The summed E-state index contributed by atoms with van der Waals surface area (Å²) < 4.78 is 5.53. The Kier molecular flexibility index (Phi) is 2.52. The fourth-order valence-electron chi connectivity index (χ4n) is 3.41. The van der Waals surface area contributed by atoms with Gasteiger partial charge < -0.3 is 10.1 Å². The lowest BCUT2D eigenvalue weighted by atomic mass is 9.82. The zero-order valence-electron chi connectivity index (χ0n) is 9.80. The average molecular weight is 209 g/mol. The zero-order valence-corrected chi connectivity index (χ0v) is 9.80. The molecule has 0 saturated heterocycles. The molecule has 3 aliphatic carbocycles. The minimum Gasteiger partial charge on any atom is -0.381 e. The quantitative estimate of drug-likeness (QED) is 0.767. The number of nitrogens with one attached hydrogen (secondary N) is 1. The van der Waals surface area contributed by atoms with E-state index in [0.717, 1.165) is 12.0 Å². The van der Waals surface area contributed by atoms with Gasteiger partial charge in [-0.25, -0.2) is 0 Å². The van der Waals surface area contributed by atoms with Gasteiger partial charge in [-0.1, -0.05) is 6.42 Å². The van der Waals surface area contributed by atoms with Crippen LogP contribution in [-0.2, 0) is 4.74 Å². The van der Waals surface area contributed by atoms with Crippen molar-refractivity contribution in [1.29, 1.82) is 0 Å². The highest BCUT2D eigenvalue weighted by atomic mass is 16.5. The number of ether oxygens (including phenoxy) is 1. The van der Waals surface area contributed by atoms with Crippen molar-refractivity contribution in [3.63, 3.8) is 0 Å². The van der Waals surface area contributed by atoms with Crippen LogP contribution in [0.2, 0.25) is 0 Å². The van der Waals surface area contributed by atoms with Crippen LogP contribution in [0.3, 0.4) is 0 Å². The van der Waals surface area contributed by atoms with Crippen LogP contribution in [-0.4, -0.2) is 25.8 Å². The van der Waals surface area contributed by atoms with E-state index in [0.29, 0.717) is 11.5 Å². The molecule has 15 heavy (non-hydrogen) atoms. The maximum atomic E-state index is 5.53. The first-order valence-electron chi connectivity index (χ1n) is 6.59. The van der Waals surface area contributed by atoms with Crippen molar-refractivity contribution < 1.29 is 4.74 Å². The van der Waals surface area contributed by atoms with Crippen molar-refractivity contribution in [3.05, 3.63) is 0 Å². The molecule has 3 atom stereocenters. The second kappa shape index (κ2) is 3.74. The van der Waals surface area contributed by atoms with E-state index >= 15 is 0 Å². The van der Waals surface area contributed by atoms with E-state index in [1.165, 1.54) is 51.5 Å². The maximum absolute atomic E-state index is 5.53. The van der Waals surface area contributed by atoms with Crippen LogP contribution in [0.4, 0.5) is 0 Å². The summed E-state index contributed by atoms with van der Waals surface area (Å²) in [6.45, 7) is 1.28. The van der Waals surface area contributed by atoms with Gasteiger partial charge in [0.05, 0.1) is 6.10 Å². The van der Waals surface area contributed by atoms with Crippen LogP contribution in [0.15, 0.2) is 0 Å². The predicted octanol–water partition coefficient (Wildman–Crippen LogP) is 2.33. The van der Waals surface area contributed by atoms with Gasteiger partial charge >= 0.3 is 0 Å². The monoisotopic (exact) mass is 209 g/mol. The van der Waals surface area contributed by atoms with E-state index in [4.69, 9.17) is 4.74 Å². The Morgan fingerprint density at radius 3 is 2.87 bits per heavy atom. The topological polar surface area (TPSA) is 21.3 Å². The summed E-state index contributed by atoms with van der Waals surface area (Å²) in [5.41, 5.74) is 0.695. The van der Waals surface area contributed by atoms with Gasteiger partial charge in [0, 0.05) is 13.2 Å². The lowest BCUT2D eigenvalue weighted by Gasteiger charge is -2.29. The highest BCUT2D eigenvalue weighted by molar-refractivity contribution is 5.06. The molecule has 3 fully saturated rings. The summed E-state index contributed by atoms with van der Waals surface area (Å²) in [7, 11) is 1.88. The van der Waals surface area contributed by atoms with Crippen LogP contribution in [0.5, 0.6) is 0 Å². The van der Waals surface area contributed by atoms with E-state index in [9.17, 15) is 0 Å². The Hall–Kier alpha value is -0.0800. The second-order valence-electron chi connectivity index (χ2n) is 5.90. The third-order valence-corrected chi connectivity index (χ3v) is 4.76. The van der Waals surface area contributed by atoms with Crippen molar-refractivity contribution >= 4 is 0 Å². The lowest BCUT2D eigenvalue weighted by molar-refractivity contribution is 0.0404. The van der Waals surface area contributed by atoms with Gasteiger partial charge in [0.15, 0.2) is 0 Å². The molecule has 1 N–H and O–H groups in total. The first-order chi connectivity index (χ1) is 7.32. The third-order valence-electron chi connectivity index (χ3n) is 4.76. The normalized spacial score (nSPS) is 44.6. The molecule has 3 aliphatic rings. The molecule has 3 saturated carbocycles. The fourth-order valence-corrected chi connectivity index (χ4v) is 3.41. The van der Waals surface area contributed by atoms with Crippen molar-refractivity contribution in [3.8, 4) is 0 Å². The standard InChI is InChI=1S/C13H23NO/c1-15-12-3-2-6-13(8-12)7-10(13)9-14-11-4-5-11/h10-12,14H,2-9H2,1H3. The summed E-state index contributed by atoms with van der Waals surface area (Å²) in [6, 6.07) is 0.879. The third kappa shape index (κ3) is 2.07. The molecule has 0 aromatic carbocycles. The Bertz CT molecular complexity index is 239. The van der Waals surface area contributed by atoms with Crippen LogP contribution in [0.25, 0.3) is 0 Å². The molecule has 0 amide bonds. The molecule has 2 heteroatoms. The van der Waals surface area contributed by atoms with Crippen molar-refractivity contribution in [1.82, 2.24) is 5.32 Å². The van der Waals surface area contributed by atoms with E-state index in [2.05, 4.69) is 5.32 Å². The van der Waals surface area contributed by atoms with Crippen molar-refractivity contribution in [2.75, 3.05) is 13.7 Å². The van der Waals surface area contributed by atoms with Gasteiger partial charge in [0.25, 0.3) is 0 Å². The Morgan fingerprint density at radius 1 is 1.27 bits per heavy atom. The van der Waals surface area contributed by atoms with Gasteiger partial charge in [0.1, 0.15) is 0 Å². The van der Waals surface area contributed by atoms with Crippen molar-refractivity contribution in [2.45, 2.75) is 57.1 Å². The zero-order chi connectivity index (χ0) is 10.3. The first-order valence-corrected chi connectivity index (χ1v) is 6.59. The highest BCUT2D eigenvalue weighted by Gasteiger charge is 2.55. The minimum atomic E-state index is 0.560. The number of hydrogen-bond acceptors (Lipinski definition) is 2. The molecule has 0 aromatic heterocycles. The smallest absolute Gasteiger partial charge is 0.0576 e. The largest absolute Gasteiger partial charge is 0.381 e. The number of methoxy groups -OCH3 is 1. The molecule has 1 spiro atoms. The Labute approximate surface area is 92.8 Å². The molecular formula is C13H23NO. The van der Waals surface area contributed by atoms with Crippen LogP contribution in [0.1, 0.15) is 44.9 Å². The van der Waals surface area contributed by atoms with Crippen LogP contribution < -0.4 is 5.32 Å². The van der Waals surface area contributed by atoms with Gasteiger partial charge in [-0.3, -0.25) is 0 Å². The molecular weight excluding hydrogens is 186 g/mol. The summed E-state index contributed by atoms with van der Waals surface area (Å²) in [5.74, 6) is 0.969. The molecule has 0 aliphatic heterocycles. The van der Waals surface area contributed by atoms with Gasteiger partial charge in [-0.15, -0.1) is 0 Å². The van der Waals surface area contributed by atoms with E-state index in [-0.39, 0.29) is 0 Å². The van der Waals surface area contributed by atoms with E-state index in [1.54, 1.807) is 0 Å². The highest BCUT2D eigenvalue weighted by Crippen LogP contribution is 2.61. The summed E-state index contributed by atoms with van der Waals surface area (Å²) >= 11 is 0. The molecule has 0 heterocycles. The van der Waals surface area contributed by atoms with Gasteiger partial charge in [0.2, 0.25) is 0 Å². The Morgan fingerprint density at radius 2 is 2.13 bits per heavy atom. The number of rotatable bonds is 4. The van der Waals surface area contributed by atoms with Crippen LogP contribution in [0, 0.1) is 11.3 Å². The molecule has 0 radical (unpaired) electrons.